The van der Waals surface area contributed by atoms with Crippen LogP contribution in [-0.4, -0.2) is 18.0 Å². The summed E-state index contributed by atoms with van der Waals surface area (Å²) in [6.45, 7) is 1.72. The van der Waals surface area contributed by atoms with E-state index in [1.165, 1.54) is 11.3 Å². The molecule has 3 amide bonds. The fourth-order valence-electron chi connectivity index (χ4n) is 2.53. The van der Waals surface area contributed by atoms with Crippen LogP contribution in [0.4, 0.5) is 26.9 Å². The Bertz CT molecular complexity index is 1040. The first-order chi connectivity index (χ1) is 14.0. The lowest BCUT2D eigenvalue weighted by atomic mass is 10.2. The minimum atomic E-state index is -0.544. The molecule has 0 spiro atoms. The largest absolute Gasteiger partial charge is 0.374 e. The van der Waals surface area contributed by atoms with E-state index >= 15 is 0 Å². The molecule has 0 bridgehead atoms. The molecular weight excluding hydrogens is 386 g/mol. The van der Waals surface area contributed by atoms with Crippen LogP contribution in [0.25, 0.3) is 0 Å². The van der Waals surface area contributed by atoms with Gasteiger partial charge in [0.25, 0.3) is 0 Å². The number of benzene rings is 2. The van der Waals surface area contributed by atoms with Gasteiger partial charge in [-0.05, 0) is 48.7 Å². The summed E-state index contributed by atoms with van der Waals surface area (Å²) < 4.78 is 0. The second kappa shape index (κ2) is 9.39. The molecule has 1 unspecified atom stereocenters. The Morgan fingerprint density at radius 3 is 2.38 bits per heavy atom. The third-order valence-corrected chi connectivity index (χ3v) is 4.78. The molecule has 8 heteroatoms. The highest BCUT2D eigenvalue weighted by molar-refractivity contribution is 7.14. The van der Waals surface area contributed by atoms with Crippen LogP contribution in [0.1, 0.15) is 12.5 Å². The molecule has 0 aliphatic carbocycles. The van der Waals surface area contributed by atoms with Gasteiger partial charge in [-0.25, -0.2) is 4.79 Å². The zero-order valence-corrected chi connectivity index (χ0v) is 16.4. The van der Waals surface area contributed by atoms with Crippen molar-refractivity contribution in [2.24, 2.45) is 0 Å². The number of carbonyl (C=O) groups is 2. The fourth-order valence-corrected chi connectivity index (χ4v) is 3.27. The number of nitrogens with one attached hydrogen (secondary N) is 4. The van der Waals surface area contributed by atoms with E-state index in [0.29, 0.717) is 27.6 Å². The van der Waals surface area contributed by atoms with Crippen molar-refractivity contribution in [2.75, 3.05) is 21.3 Å². The molecule has 0 radical (unpaired) electrons. The zero-order chi connectivity index (χ0) is 20.6. The summed E-state index contributed by atoms with van der Waals surface area (Å²) in [7, 11) is 0. The zero-order valence-electron chi connectivity index (χ0n) is 15.6. The second-order valence-electron chi connectivity index (χ2n) is 6.16. The van der Waals surface area contributed by atoms with Gasteiger partial charge < -0.3 is 21.3 Å². The lowest BCUT2D eigenvalue weighted by Gasteiger charge is -2.16. The van der Waals surface area contributed by atoms with Crippen molar-refractivity contribution in [3.8, 4) is 6.07 Å². The van der Waals surface area contributed by atoms with Crippen LogP contribution >= 0.6 is 11.3 Å². The molecule has 7 nitrogen and oxygen atoms in total. The number of nitriles is 1. The van der Waals surface area contributed by atoms with Crippen molar-refractivity contribution in [3.05, 3.63) is 71.6 Å². The van der Waals surface area contributed by atoms with Crippen LogP contribution in [-0.2, 0) is 4.79 Å². The third-order valence-electron chi connectivity index (χ3n) is 3.95. The first-order valence-corrected chi connectivity index (χ1v) is 9.71. The smallest absolute Gasteiger partial charge is 0.323 e. The molecule has 0 fully saturated rings. The van der Waals surface area contributed by atoms with Gasteiger partial charge in [-0.2, -0.15) is 5.26 Å². The van der Waals surface area contributed by atoms with E-state index in [-0.39, 0.29) is 11.9 Å². The van der Waals surface area contributed by atoms with Crippen molar-refractivity contribution in [1.82, 2.24) is 0 Å². The van der Waals surface area contributed by atoms with E-state index in [1.54, 1.807) is 54.8 Å². The maximum atomic E-state index is 12.4. The van der Waals surface area contributed by atoms with Crippen LogP contribution in [0.2, 0.25) is 0 Å². The minimum absolute atomic E-state index is 0.260. The number of para-hydroxylation sites is 1. The molecule has 3 aromatic rings. The van der Waals surface area contributed by atoms with Crippen LogP contribution < -0.4 is 21.3 Å². The number of amides is 3. The Labute approximate surface area is 172 Å². The van der Waals surface area contributed by atoms with Gasteiger partial charge in [0.05, 0.1) is 5.56 Å². The number of carbonyl (C=O) groups excluding carboxylic acids is 2. The van der Waals surface area contributed by atoms with Crippen LogP contribution in [0, 0.1) is 11.3 Å². The van der Waals surface area contributed by atoms with E-state index in [9.17, 15) is 9.59 Å². The second-order valence-corrected chi connectivity index (χ2v) is 7.07. The van der Waals surface area contributed by atoms with Crippen molar-refractivity contribution in [1.29, 1.82) is 5.26 Å². The van der Waals surface area contributed by atoms with Crippen LogP contribution in [0.5, 0.6) is 0 Å². The summed E-state index contributed by atoms with van der Waals surface area (Å²) in [5.74, 6) is -0.260. The molecule has 0 saturated heterocycles. The molecule has 0 aliphatic rings. The lowest BCUT2D eigenvalue weighted by Crippen LogP contribution is -2.31. The van der Waals surface area contributed by atoms with E-state index in [1.807, 2.05) is 24.3 Å². The van der Waals surface area contributed by atoms with Gasteiger partial charge in [0.15, 0.2) is 0 Å². The van der Waals surface area contributed by atoms with Crippen LogP contribution in [0.3, 0.4) is 0 Å². The summed E-state index contributed by atoms with van der Waals surface area (Å²) in [5, 5.41) is 22.7. The van der Waals surface area contributed by atoms with E-state index in [0.717, 1.165) is 0 Å². The van der Waals surface area contributed by atoms with Gasteiger partial charge in [-0.15, -0.1) is 11.3 Å². The molecule has 2 aromatic carbocycles. The van der Waals surface area contributed by atoms with Gasteiger partial charge in [0.2, 0.25) is 5.91 Å². The Morgan fingerprint density at radius 1 is 0.931 bits per heavy atom. The van der Waals surface area contributed by atoms with Crippen LogP contribution in [0.15, 0.2) is 66.0 Å². The number of nitrogens with zero attached hydrogens (tertiary/aromatic N) is 1. The summed E-state index contributed by atoms with van der Waals surface area (Å²) in [5.41, 5.74) is 2.39. The number of thiophene rings is 1. The highest BCUT2D eigenvalue weighted by Gasteiger charge is 2.15. The van der Waals surface area contributed by atoms with Crippen molar-refractivity contribution < 1.29 is 9.59 Å². The van der Waals surface area contributed by atoms with Gasteiger partial charge >= 0.3 is 6.03 Å². The molecule has 146 valence electrons. The third kappa shape index (κ3) is 5.57. The Balaban J connectivity index is 1.58. The van der Waals surface area contributed by atoms with Gasteiger partial charge in [0, 0.05) is 17.1 Å². The first-order valence-electron chi connectivity index (χ1n) is 8.83. The normalized spacial score (nSPS) is 11.0. The number of anilines is 4. The van der Waals surface area contributed by atoms with Crippen molar-refractivity contribution in [3.63, 3.8) is 0 Å². The van der Waals surface area contributed by atoms with E-state index in [4.69, 9.17) is 5.26 Å². The summed E-state index contributed by atoms with van der Waals surface area (Å²) in [4.78, 5) is 24.5. The monoisotopic (exact) mass is 405 g/mol. The Morgan fingerprint density at radius 2 is 1.62 bits per heavy atom. The topological polar surface area (TPSA) is 106 Å². The number of hydrogen-bond donors (Lipinski definition) is 4. The maximum Gasteiger partial charge on any atom is 0.323 e. The highest BCUT2D eigenvalue weighted by Crippen LogP contribution is 2.23. The molecule has 1 atom stereocenters. The highest BCUT2D eigenvalue weighted by atomic mass is 32.1. The number of urea groups is 1. The molecule has 0 aliphatic heterocycles. The van der Waals surface area contributed by atoms with Crippen molar-refractivity contribution in [2.45, 2.75) is 13.0 Å². The molecule has 1 heterocycles. The predicted octanol–water partition coefficient (Wildman–Crippen LogP) is 4.70. The number of rotatable bonds is 6. The standard InChI is InChI=1S/C21H19N5O2S/c1-14(19(27)26-20-15(13-22)10-11-29-20)23-17-8-5-9-18(12-17)25-21(28)24-16-6-3-2-4-7-16/h2-12,14,23H,1H3,(H,26,27)(H2,24,25,28). The van der Waals surface area contributed by atoms with Gasteiger partial charge in [-0.3, -0.25) is 4.79 Å². The Kier molecular flexibility index (Phi) is 6.45. The SMILES string of the molecule is CC(Nc1cccc(NC(=O)Nc2ccccc2)c1)C(=O)Nc1sccc1C#N. The fraction of sp³-hybridized carbons (Fsp3) is 0.0952. The van der Waals surface area contributed by atoms with Gasteiger partial charge in [0.1, 0.15) is 17.1 Å². The average molecular weight is 405 g/mol. The quantitative estimate of drug-likeness (QED) is 0.477. The maximum absolute atomic E-state index is 12.4. The minimum Gasteiger partial charge on any atom is -0.374 e. The number of hydrogen-bond acceptors (Lipinski definition) is 5. The van der Waals surface area contributed by atoms with Crippen molar-refractivity contribution >= 4 is 45.3 Å². The van der Waals surface area contributed by atoms with E-state index < -0.39 is 6.04 Å². The summed E-state index contributed by atoms with van der Waals surface area (Å²) in [6, 6.07) is 19.0. The predicted molar refractivity (Wildman–Crippen MR) is 116 cm³/mol. The summed E-state index contributed by atoms with van der Waals surface area (Å²) in [6.07, 6.45) is 0. The first kappa shape index (κ1) is 19.9. The lowest BCUT2D eigenvalue weighted by molar-refractivity contribution is -0.116. The van der Waals surface area contributed by atoms with E-state index in [2.05, 4.69) is 21.3 Å². The molecule has 3 rings (SSSR count). The molecule has 4 N–H and O–H groups in total. The Hall–Kier alpha value is -3.83. The van der Waals surface area contributed by atoms with Gasteiger partial charge in [-0.1, -0.05) is 24.3 Å². The summed E-state index contributed by atoms with van der Waals surface area (Å²) >= 11 is 1.30. The average Bonchev–Trinajstić information content (AvgIpc) is 3.16. The molecule has 1 aromatic heterocycles. The molecule has 29 heavy (non-hydrogen) atoms. The molecule has 0 saturated carbocycles. The molecular formula is C21H19N5O2S.